The summed E-state index contributed by atoms with van der Waals surface area (Å²) >= 11 is 0. The molecule has 0 amide bonds. The van der Waals surface area contributed by atoms with Crippen LogP contribution in [0.5, 0.6) is 11.5 Å². The van der Waals surface area contributed by atoms with Gasteiger partial charge in [-0.2, -0.15) is 4.68 Å². The maximum atomic E-state index is 15.8. The lowest BCUT2D eigenvalue weighted by Crippen LogP contribution is -2.19. The Morgan fingerprint density at radius 3 is 2.47 bits per heavy atom. The van der Waals surface area contributed by atoms with E-state index in [4.69, 9.17) is 25.4 Å². The van der Waals surface area contributed by atoms with Gasteiger partial charge in [-0.15, -0.1) is 5.10 Å². The van der Waals surface area contributed by atoms with Crippen molar-refractivity contribution in [3.63, 3.8) is 0 Å². The second-order valence-electron chi connectivity index (χ2n) is 8.05. The van der Waals surface area contributed by atoms with Crippen LogP contribution in [-0.2, 0) is 11.2 Å². The van der Waals surface area contributed by atoms with Gasteiger partial charge >= 0.3 is 11.7 Å². The molecule has 5 N–H and O–H groups in total. The number of rotatable bonds is 9. The predicted octanol–water partition coefficient (Wildman–Crippen LogP) is 3.12. The largest absolute Gasteiger partial charge is 0.493 e. The highest BCUT2D eigenvalue weighted by Gasteiger charge is 2.22. The number of hydrogen-bond donors (Lipinski definition) is 4. The molecule has 0 spiro atoms. The van der Waals surface area contributed by atoms with Crippen molar-refractivity contribution in [3.05, 3.63) is 93.4 Å². The second-order valence-corrected chi connectivity index (χ2v) is 8.05. The number of benzene rings is 3. The van der Waals surface area contributed by atoms with E-state index in [0.29, 0.717) is 11.3 Å². The number of H-pyrrole nitrogens is 1. The molecule has 0 bridgehead atoms. The van der Waals surface area contributed by atoms with Crippen LogP contribution < -0.4 is 26.2 Å². The molecule has 1 heterocycles. The van der Waals surface area contributed by atoms with E-state index in [0.717, 1.165) is 4.68 Å². The van der Waals surface area contributed by atoms with Crippen LogP contribution >= 0.6 is 0 Å². The number of anilines is 2. The molecule has 1 aromatic heterocycles. The van der Waals surface area contributed by atoms with Crippen molar-refractivity contribution in [2.75, 3.05) is 26.6 Å². The molecule has 12 heteroatoms. The lowest BCUT2D eigenvalue weighted by atomic mass is 10.1. The summed E-state index contributed by atoms with van der Waals surface area (Å²) in [7, 11) is 4.05. The molecule has 4 rings (SSSR count). The summed E-state index contributed by atoms with van der Waals surface area (Å²) in [4.78, 5) is 27.5. The normalized spacial score (nSPS) is 10.6. The van der Waals surface area contributed by atoms with Gasteiger partial charge in [-0.1, -0.05) is 12.1 Å². The van der Waals surface area contributed by atoms with Crippen LogP contribution in [0.15, 0.2) is 59.4 Å². The highest BCUT2D eigenvalue weighted by molar-refractivity contribution is 5.95. The summed E-state index contributed by atoms with van der Waals surface area (Å²) in [6, 6.07) is 14.3. The Labute approximate surface area is 216 Å². The number of amidine groups is 1. The number of methoxy groups -OCH3 is 3. The van der Waals surface area contributed by atoms with Crippen LogP contribution in [-0.4, -0.2) is 47.9 Å². The van der Waals surface area contributed by atoms with E-state index in [1.807, 2.05) is 0 Å². The van der Waals surface area contributed by atoms with E-state index in [2.05, 4.69) is 15.4 Å². The highest BCUT2D eigenvalue weighted by Crippen LogP contribution is 2.41. The van der Waals surface area contributed by atoms with Crippen molar-refractivity contribution < 1.29 is 23.4 Å². The Morgan fingerprint density at radius 2 is 1.84 bits per heavy atom. The third kappa shape index (κ3) is 5.05. The van der Waals surface area contributed by atoms with Crippen LogP contribution in [0.1, 0.15) is 27.3 Å². The fourth-order valence-electron chi connectivity index (χ4n) is 3.87. The summed E-state index contributed by atoms with van der Waals surface area (Å²) in [6.45, 7) is 0. The van der Waals surface area contributed by atoms with Crippen LogP contribution in [0.3, 0.4) is 0 Å². The Morgan fingerprint density at radius 1 is 1.13 bits per heavy atom. The Balaban J connectivity index is 1.73. The number of nitrogens with one attached hydrogen (secondary N) is 3. The molecule has 0 saturated carbocycles. The molecule has 0 radical (unpaired) electrons. The third-order valence-corrected chi connectivity index (χ3v) is 5.71. The number of nitrogens with two attached hydrogens (primary N) is 1. The van der Waals surface area contributed by atoms with Gasteiger partial charge in [0.05, 0.1) is 32.6 Å². The zero-order chi connectivity index (χ0) is 27.4. The minimum absolute atomic E-state index is 0.00948. The fourth-order valence-corrected chi connectivity index (χ4v) is 3.87. The van der Waals surface area contributed by atoms with Gasteiger partial charge in [0.15, 0.2) is 17.3 Å². The number of halogens is 1. The number of nitrogen functional groups attached to an aromatic ring is 1. The first-order valence-corrected chi connectivity index (χ1v) is 11.3. The zero-order valence-electron chi connectivity index (χ0n) is 20.8. The van der Waals surface area contributed by atoms with Crippen molar-refractivity contribution >= 4 is 23.2 Å². The minimum Gasteiger partial charge on any atom is -0.493 e. The van der Waals surface area contributed by atoms with Crippen LogP contribution in [0.2, 0.25) is 0 Å². The smallest absolute Gasteiger partial charge is 0.348 e. The quantitative estimate of drug-likeness (QED) is 0.149. The molecule has 38 heavy (non-hydrogen) atoms. The summed E-state index contributed by atoms with van der Waals surface area (Å²) < 4.78 is 32.5. The number of carbonyl (C=O) groups is 1. The number of hydrogen-bond acceptors (Lipinski definition) is 8. The first-order valence-electron chi connectivity index (χ1n) is 11.3. The SMILES string of the molecule is COC(=O)c1ccccc1-n1nc(Cc2cc(OC)c(OC)c(Nc3ccc(C(=N)N)cc3)c2F)[nH]c1=O. The molecule has 0 atom stereocenters. The average molecular weight is 521 g/mol. The Bertz CT molecular complexity index is 1560. The van der Waals surface area contributed by atoms with E-state index in [-0.39, 0.29) is 52.1 Å². The van der Waals surface area contributed by atoms with Crippen LogP contribution in [0.25, 0.3) is 5.69 Å². The van der Waals surface area contributed by atoms with Gasteiger partial charge < -0.3 is 25.3 Å². The van der Waals surface area contributed by atoms with E-state index >= 15 is 4.39 Å². The van der Waals surface area contributed by atoms with Gasteiger partial charge in [-0.3, -0.25) is 10.4 Å². The number of ether oxygens (including phenoxy) is 3. The lowest BCUT2D eigenvalue weighted by Gasteiger charge is -2.18. The molecular weight excluding hydrogens is 495 g/mol. The number of carbonyl (C=O) groups excluding carboxylic acids is 1. The van der Waals surface area contributed by atoms with E-state index in [1.165, 1.54) is 33.5 Å². The predicted molar refractivity (Wildman–Crippen MR) is 139 cm³/mol. The molecule has 11 nitrogen and oxygen atoms in total. The third-order valence-electron chi connectivity index (χ3n) is 5.71. The molecule has 0 aliphatic rings. The number of aromatic amines is 1. The van der Waals surface area contributed by atoms with Gasteiger partial charge in [0.1, 0.15) is 17.3 Å². The number of para-hydroxylation sites is 1. The van der Waals surface area contributed by atoms with Crippen molar-refractivity contribution in [2.24, 2.45) is 5.73 Å². The molecule has 0 aliphatic heterocycles. The van der Waals surface area contributed by atoms with Gasteiger partial charge in [-0.25, -0.2) is 14.0 Å². The summed E-state index contributed by atoms with van der Waals surface area (Å²) in [5.74, 6) is -0.831. The maximum Gasteiger partial charge on any atom is 0.348 e. The zero-order valence-corrected chi connectivity index (χ0v) is 20.8. The van der Waals surface area contributed by atoms with Gasteiger partial charge in [0.2, 0.25) is 0 Å². The number of aromatic nitrogens is 3. The monoisotopic (exact) mass is 520 g/mol. The van der Waals surface area contributed by atoms with Crippen LogP contribution in [0, 0.1) is 11.2 Å². The molecule has 4 aromatic rings. The number of esters is 1. The lowest BCUT2D eigenvalue weighted by molar-refractivity contribution is 0.0600. The van der Waals surface area contributed by atoms with Gasteiger partial charge in [-0.05, 0) is 42.5 Å². The summed E-state index contributed by atoms with van der Waals surface area (Å²) in [6.07, 6.45) is -0.104. The van der Waals surface area contributed by atoms with Crippen molar-refractivity contribution in [3.8, 4) is 17.2 Å². The molecule has 3 aromatic carbocycles. The van der Waals surface area contributed by atoms with Gasteiger partial charge in [0, 0.05) is 23.2 Å². The molecular formula is C26H25FN6O5. The van der Waals surface area contributed by atoms with E-state index in [1.54, 1.807) is 42.5 Å². The summed E-state index contributed by atoms with van der Waals surface area (Å²) in [5.41, 5.74) is 6.47. The van der Waals surface area contributed by atoms with E-state index in [9.17, 15) is 9.59 Å². The Hall–Kier alpha value is -5.13. The fraction of sp³-hybridized carbons (Fsp3) is 0.154. The molecule has 196 valence electrons. The molecule has 0 unspecified atom stereocenters. The van der Waals surface area contributed by atoms with Crippen molar-refractivity contribution in [1.29, 1.82) is 5.41 Å². The van der Waals surface area contributed by atoms with E-state index < -0.39 is 17.5 Å². The molecule has 0 saturated heterocycles. The second kappa shape index (κ2) is 10.9. The maximum absolute atomic E-state index is 15.8. The van der Waals surface area contributed by atoms with Gasteiger partial charge in [0.25, 0.3) is 0 Å². The summed E-state index contributed by atoms with van der Waals surface area (Å²) in [5, 5.41) is 14.8. The topological polar surface area (TPSA) is 157 Å². The minimum atomic E-state index is -0.649. The standard InChI is InChI=1S/C26H25FN6O5/c1-36-19-12-15(21(27)22(23(19)37-2)30-16-10-8-14(9-11-16)24(28)29)13-20-31-26(35)33(32-20)18-7-5-4-6-17(18)25(34)38-3/h4-12,30H,13H2,1-3H3,(H3,28,29)(H,31,32,35). The van der Waals surface area contributed by atoms with Crippen LogP contribution in [0.4, 0.5) is 15.8 Å². The first kappa shape index (κ1) is 25.9. The van der Waals surface area contributed by atoms with Crippen molar-refractivity contribution in [1.82, 2.24) is 14.8 Å². The van der Waals surface area contributed by atoms with Crippen molar-refractivity contribution in [2.45, 2.75) is 6.42 Å². The number of nitrogens with zero attached hydrogens (tertiary/aromatic N) is 2. The molecule has 0 fully saturated rings. The average Bonchev–Trinajstić information content (AvgIpc) is 3.29. The molecule has 0 aliphatic carbocycles. The highest BCUT2D eigenvalue weighted by atomic mass is 19.1. The first-order chi connectivity index (χ1) is 18.3. The Kier molecular flexibility index (Phi) is 7.42.